The van der Waals surface area contributed by atoms with Crippen molar-refractivity contribution in [2.75, 3.05) is 20.3 Å². The first-order valence-corrected chi connectivity index (χ1v) is 10.3. The minimum atomic E-state index is -0.114. The first kappa shape index (κ1) is 20.6. The molecule has 0 aliphatic heterocycles. The van der Waals surface area contributed by atoms with Crippen LogP contribution in [-0.2, 0) is 16.1 Å². The molecule has 4 rings (SSSR count). The number of hydrogen-bond donors (Lipinski definition) is 3. The van der Waals surface area contributed by atoms with E-state index >= 15 is 0 Å². The fourth-order valence-corrected chi connectivity index (χ4v) is 4.08. The molecule has 2 heterocycles. The van der Waals surface area contributed by atoms with Crippen LogP contribution in [0.5, 0.6) is 0 Å². The van der Waals surface area contributed by atoms with Gasteiger partial charge in [-0.25, -0.2) is 4.98 Å². The topological polar surface area (TPSA) is 101 Å². The Morgan fingerprint density at radius 3 is 2.83 bits per heavy atom. The predicted octanol–water partition coefficient (Wildman–Crippen LogP) is 2.55. The van der Waals surface area contributed by atoms with E-state index in [-0.39, 0.29) is 24.7 Å². The maximum atomic E-state index is 13.2. The molecule has 30 heavy (non-hydrogen) atoms. The molecular formula is C22H28N4O4. The highest BCUT2D eigenvalue weighted by Gasteiger charge is 2.24. The second kappa shape index (κ2) is 9.42. The molecule has 160 valence electrons. The SMILES string of the molecule is COCCOC1CCC(NC(=O)c2cc(-n3ccnc3)cc3c(CO)c[nH]c23)CC1. The standard InChI is InChI=1S/C22H28N4O4/c1-29-8-9-30-18-4-2-16(3-5-18)25-22(28)20-11-17(26-7-6-23-14-26)10-19-15(13-27)12-24-21(19)20/h6-7,10-12,14,16,18,24,27H,2-5,8-9,13H2,1H3,(H,25,28). The van der Waals surface area contributed by atoms with Crippen molar-refractivity contribution >= 4 is 16.8 Å². The minimum Gasteiger partial charge on any atom is -0.392 e. The number of aromatic amines is 1. The molecule has 0 radical (unpaired) electrons. The van der Waals surface area contributed by atoms with E-state index in [1.54, 1.807) is 25.8 Å². The number of benzene rings is 1. The van der Waals surface area contributed by atoms with Gasteiger partial charge >= 0.3 is 0 Å². The molecule has 0 saturated heterocycles. The van der Waals surface area contributed by atoms with E-state index in [2.05, 4.69) is 15.3 Å². The molecular weight excluding hydrogens is 384 g/mol. The van der Waals surface area contributed by atoms with Gasteiger partial charge in [-0.2, -0.15) is 0 Å². The van der Waals surface area contributed by atoms with Crippen LogP contribution in [0.15, 0.2) is 37.1 Å². The van der Waals surface area contributed by atoms with Crippen LogP contribution in [0.1, 0.15) is 41.6 Å². The highest BCUT2D eigenvalue weighted by Crippen LogP contribution is 2.27. The molecule has 1 aliphatic rings. The van der Waals surface area contributed by atoms with E-state index in [4.69, 9.17) is 9.47 Å². The van der Waals surface area contributed by atoms with Crippen molar-refractivity contribution in [2.24, 2.45) is 0 Å². The smallest absolute Gasteiger partial charge is 0.253 e. The van der Waals surface area contributed by atoms with Gasteiger partial charge in [0.25, 0.3) is 5.91 Å². The van der Waals surface area contributed by atoms with Crippen molar-refractivity contribution in [2.45, 2.75) is 44.4 Å². The number of rotatable bonds is 8. The van der Waals surface area contributed by atoms with E-state index in [0.717, 1.165) is 47.8 Å². The number of methoxy groups -OCH3 is 1. The fourth-order valence-electron chi connectivity index (χ4n) is 4.08. The molecule has 1 fully saturated rings. The zero-order valence-electron chi connectivity index (χ0n) is 17.1. The van der Waals surface area contributed by atoms with Gasteiger partial charge in [0, 0.05) is 48.4 Å². The second-order valence-corrected chi connectivity index (χ2v) is 7.67. The highest BCUT2D eigenvalue weighted by molar-refractivity contribution is 6.07. The third-order valence-electron chi connectivity index (χ3n) is 5.73. The quantitative estimate of drug-likeness (QED) is 0.494. The monoisotopic (exact) mass is 412 g/mol. The minimum absolute atomic E-state index is 0.0957. The van der Waals surface area contributed by atoms with Crippen LogP contribution in [0.4, 0.5) is 0 Å². The number of hydrogen-bond acceptors (Lipinski definition) is 5. The Kier molecular flexibility index (Phi) is 6.47. The Morgan fingerprint density at radius 1 is 1.30 bits per heavy atom. The molecule has 0 atom stereocenters. The maximum Gasteiger partial charge on any atom is 0.253 e. The zero-order valence-corrected chi connectivity index (χ0v) is 17.1. The van der Waals surface area contributed by atoms with Crippen molar-refractivity contribution in [3.8, 4) is 5.69 Å². The number of amides is 1. The van der Waals surface area contributed by atoms with Crippen molar-refractivity contribution in [1.82, 2.24) is 19.9 Å². The summed E-state index contributed by atoms with van der Waals surface area (Å²) in [6, 6.07) is 3.94. The third kappa shape index (κ3) is 4.40. The van der Waals surface area contributed by atoms with E-state index in [1.165, 1.54) is 0 Å². The van der Waals surface area contributed by atoms with Crippen molar-refractivity contribution in [1.29, 1.82) is 0 Å². The average molecular weight is 412 g/mol. The number of H-pyrrole nitrogens is 1. The van der Waals surface area contributed by atoms with Crippen LogP contribution in [0.3, 0.4) is 0 Å². The lowest BCUT2D eigenvalue weighted by Gasteiger charge is -2.29. The summed E-state index contributed by atoms with van der Waals surface area (Å²) in [4.78, 5) is 20.4. The van der Waals surface area contributed by atoms with E-state index in [0.29, 0.717) is 18.8 Å². The third-order valence-corrected chi connectivity index (χ3v) is 5.73. The number of ether oxygens (including phenoxy) is 2. The highest BCUT2D eigenvalue weighted by atomic mass is 16.5. The van der Waals surface area contributed by atoms with Gasteiger partial charge in [0.2, 0.25) is 0 Å². The van der Waals surface area contributed by atoms with Gasteiger partial charge in [0.15, 0.2) is 0 Å². The molecule has 8 nitrogen and oxygen atoms in total. The Balaban J connectivity index is 1.50. The number of imidazole rings is 1. The van der Waals surface area contributed by atoms with Gasteiger partial charge in [0.05, 0.1) is 43.3 Å². The van der Waals surface area contributed by atoms with E-state index < -0.39 is 0 Å². The van der Waals surface area contributed by atoms with Crippen LogP contribution in [0.2, 0.25) is 0 Å². The second-order valence-electron chi connectivity index (χ2n) is 7.67. The van der Waals surface area contributed by atoms with Crippen molar-refractivity contribution < 1.29 is 19.4 Å². The molecule has 0 unspecified atom stereocenters. The molecule has 1 aromatic carbocycles. The number of nitrogens with zero attached hydrogens (tertiary/aromatic N) is 2. The summed E-state index contributed by atoms with van der Waals surface area (Å²) >= 11 is 0. The summed E-state index contributed by atoms with van der Waals surface area (Å²) in [5.74, 6) is -0.114. The Hall–Kier alpha value is -2.68. The molecule has 1 saturated carbocycles. The molecule has 2 aromatic heterocycles. The van der Waals surface area contributed by atoms with Crippen molar-refractivity contribution in [3.05, 3.63) is 48.2 Å². The Bertz CT molecular complexity index is 975. The fraction of sp³-hybridized carbons (Fsp3) is 0.455. The van der Waals surface area contributed by atoms with Gasteiger partial charge < -0.3 is 29.4 Å². The number of carbonyl (C=O) groups is 1. The van der Waals surface area contributed by atoms with Gasteiger partial charge in [-0.15, -0.1) is 0 Å². The zero-order chi connectivity index (χ0) is 20.9. The summed E-state index contributed by atoms with van der Waals surface area (Å²) in [6.07, 6.45) is 10.8. The summed E-state index contributed by atoms with van der Waals surface area (Å²) < 4.78 is 12.7. The molecule has 8 heteroatoms. The molecule has 1 aliphatic carbocycles. The van der Waals surface area contributed by atoms with Gasteiger partial charge in [-0.05, 0) is 37.8 Å². The number of fused-ring (bicyclic) bond motifs is 1. The Labute approximate surface area is 175 Å². The lowest BCUT2D eigenvalue weighted by molar-refractivity contribution is -0.00408. The molecule has 3 N–H and O–H groups in total. The first-order valence-electron chi connectivity index (χ1n) is 10.3. The van der Waals surface area contributed by atoms with Crippen molar-refractivity contribution in [3.63, 3.8) is 0 Å². The van der Waals surface area contributed by atoms with Gasteiger partial charge in [-0.1, -0.05) is 0 Å². The Morgan fingerprint density at radius 2 is 2.13 bits per heavy atom. The predicted molar refractivity (Wildman–Crippen MR) is 113 cm³/mol. The lowest BCUT2D eigenvalue weighted by atomic mass is 9.92. The summed E-state index contributed by atoms with van der Waals surface area (Å²) in [7, 11) is 1.67. The summed E-state index contributed by atoms with van der Waals surface area (Å²) in [5, 5.41) is 13.7. The van der Waals surface area contributed by atoms with Gasteiger partial charge in [-0.3, -0.25) is 4.79 Å². The average Bonchev–Trinajstić information content (AvgIpc) is 3.44. The van der Waals surface area contributed by atoms with Crippen LogP contribution in [0, 0.1) is 0 Å². The summed E-state index contributed by atoms with van der Waals surface area (Å²) in [6.45, 7) is 1.12. The van der Waals surface area contributed by atoms with Crippen LogP contribution < -0.4 is 5.32 Å². The largest absolute Gasteiger partial charge is 0.392 e. The first-order chi connectivity index (χ1) is 14.7. The number of nitrogens with one attached hydrogen (secondary N) is 2. The normalized spacial score (nSPS) is 19.3. The number of aliphatic hydroxyl groups excluding tert-OH is 1. The molecule has 1 amide bonds. The number of carbonyl (C=O) groups excluding carboxylic acids is 1. The van der Waals surface area contributed by atoms with Crippen LogP contribution >= 0.6 is 0 Å². The molecule has 0 spiro atoms. The van der Waals surface area contributed by atoms with E-state index in [9.17, 15) is 9.90 Å². The van der Waals surface area contributed by atoms with Gasteiger partial charge in [0.1, 0.15) is 0 Å². The molecule has 0 bridgehead atoms. The molecule has 3 aromatic rings. The lowest BCUT2D eigenvalue weighted by Crippen LogP contribution is -2.39. The van der Waals surface area contributed by atoms with Crippen LogP contribution in [-0.4, -0.2) is 58.0 Å². The summed E-state index contributed by atoms with van der Waals surface area (Å²) in [5.41, 5.74) is 2.89. The number of aromatic nitrogens is 3. The maximum absolute atomic E-state index is 13.2. The van der Waals surface area contributed by atoms with E-state index in [1.807, 2.05) is 22.9 Å². The number of aliphatic hydroxyl groups is 1. The van der Waals surface area contributed by atoms with Crippen LogP contribution in [0.25, 0.3) is 16.6 Å².